The number of carbonyl (C=O) groups is 2. The van der Waals surface area contributed by atoms with Crippen molar-refractivity contribution < 1.29 is 19.4 Å². The van der Waals surface area contributed by atoms with Gasteiger partial charge in [-0.15, -0.1) is 0 Å². The maximum atomic E-state index is 12.4. The molecule has 0 saturated carbocycles. The number of benzene rings is 1. The van der Waals surface area contributed by atoms with Gasteiger partial charge >= 0.3 is 5.97 Å². The molecule has 6 nitrogen and oxygen atoms in total. The van der Waals surface area contributed by atoms with Crippen molar-refractivity contribution >= 4 is 22.8 Å². The Hall–Kier alpha value is -2.34. The molecule has 1 amide bonds. The van der Waals surface area contributed by atoms with E-state index < -0.39 is 5.97 Å². The van der Waals surface area contributed by atoms with Gasteiger partial charge in [0.1, 0.15) is 0 Å². The lowest BCUT2D eigenvalue weighted by Gasteiger charge is -2.09. The smallest absolute Gasteiger partial charge is 0.303 e. The molecule has 2 rings (SSSR count). The SMILES string of the molecule is COCCn1cc(C(=O)NCC(C)CC(=O)O)c2ccccc21. The van der Waals surface area contributed by atoms with Crippen molar-refractivity contribution in [3.05, 3.63) is 36.0 Å². The average molecular weight is 318 g/mol. The van der Waals surface area contributed by atoms with Crippen molar-refractivity contribution in [1.29, 1.82) is 0 Å². The van der Waals surface area contributed by atoms with Crippen LogP contribution >= 0.6 is 0 Å². The Kier molecular flexibility index (Phi) is 5.76. The van der Waals surface area contributed by atoms with Crippen LogP contribution in [0.15, 0.2) is 30.5 Å². The van der Waals surface area contributed by atoms with Crippen LogP contribution in [0, 0.1) is 5.92 Å². The lowest BCUT2D eigenvalue weighted by atomic mass is 10.1. The number of amides is 1. The summed E-state index contributed by atoms with van der Waals surface area (Å²) in [6, 6.07) is 7.71. The maximum absolute atomic E-state index is 12.4. The number of para-hydroxylation sites is 1. The van der Waals surface area contributed by atoms with Gasteiger partial charge in [0.15, 0.2) is 0 Å². The number of fused-ring (bicyclic) bond motifs is 1. The highest BCUT2D eigenvalue weighted by atomic mass is 16.5. The second-order valence-electron chi connectivity index (χ2n) is 5.66. The van der Waals surface area contributed by atoms with Crippen LogP contribution in [0.2, 0.25) is 0 Å². The van der Waals surface area contributed by atoms with E-state index in [-0.39, 0.29) is 18.2 Å². The molecule has 0 bridgehead atoms. The number of aliphatic carboxylic acids is 1. The Bertz CT molecular complexity index is 693. The van der Waals surface area contributed by atoms with Crippen molar-refractivity contribution in [3.8, 4) is 0 Å². The van der Waals surface area contributed by atoms with Crippen LogP contribution in [0.4, 0.5) is 0 Å². The first kappa shape index (κ1) is 17.0. The highest BCUT2D eigenvalue weighted by Gasteiger charge is 2.16. The molecule has 0 aliphatic heterocycles. The van der Waals surface area contributed by atoms with E-state index in [4.69, 9.17) is 9.84 Å². The van der Waals surface area contributed by atoms with E-state index in [0.717, 1.165) is 10.9 Å². The average Bonchev–Trinajstić information content (AvgIpc) is 2.89. The van der Waals surface area contributed by atoms with Gasteiger partial charge in [-0.05, 0) is 12.0 Å². The van der Waals surface area contributed by atoms with Gasteiger partial charge in [0.25, 0.3) is 5.91 Å². The third kappa shape index (κ3) is 4.32. The summed E-state index contributed by atoms with van der Waals surface area (Å²) in [6.45, 7) is 3.37. The van der Waals surface area contributed by atoms with Crippen LogP contribution in [-0.2, 0) is 16.1 Å². The number of rotatable bonds is 8. The normalized spacial score (nSPS) is 12.3. The van der Waals surface area contributed by atoms with Crippen molar-refractivity contribution in [1.82, 2.24) is 9.88 Å². The van der Waals surface area contributed by atoms with Gasteiger partial charge in [0.05, 0.1) is 12.2 Å². The van der Waals surface area contributed by atoms with E-state index in [0.29, 0.717) is 25.3 Å². The monoisotopic (exact) mass is 318 g/mol. The van der Waals surface area contributed by atoms with E-state index in [1.165, 1.54) is 0 Å². The molecule has 1 aromatic heterocycles. The first-order valence-electron chi connectivity index (χ1n) is 7.59. The van der Waals surface area contributed by atoms with E-state index in [1.54, 1.807) is 14.0 Å². The van der Waals surface area contributed by atoms with Crippen LogP contribution < -0.4 is 5.32 Å². The minimum absolute atomic E-state index is 0.0376. The molecule has 6 heteroatoms. The predicted molar refractivity (Wildman–Crippen MR) is 87.6 cm³/mol. The topological polar surface area (TPSA) is 80.6 Å². The fourth-order valence-corrected chi connectivity index (χ4v) is 2.53. The molecular weight excluding hydrogens is 296 g/mol. The highest BCUT2D eigenvalue weighted by Crippen LogP contribution is 2.21. The standard InChI is InChI=1S/C17H22N2O4/c1-12(9-16(20)21)10-18-17(22)14-11-19(7-8-23-2)15-6-4-3-5-13(14)15/h3-6,11-12H,7-10H2,1-2H3,(H,18,22)(H,20,21). The van der Waals surface area contributed by atoms with Crippen molar-refractivity contribution in [3.63, 3.8) is 0 Å². The van der Waals surface area contributed by atoms with Crippen LogP contribution in [0.25, 0.3) is 10.9 Å². The zero-order valence-corrected chi connectivity index (χ0v) is 13.4. The third-order valence-electron chi connectivity index (χ3n) is 3.70. The molecule has 2 N–H and O–H groups in total. The summed E-state index contributed by atoms with van der Waals surface area (Å²) in [4.78, 5) is 23.1. The number of hydrogen-bond acceptors (Lipinski definition) is 3. The van der Waals surface area contributed by atoms with Crippen molar-refractivity contribution in [2.45, 2.75) is 19.9 Å². The van der Waals surface area contributed by atoms with Gasteiger partial charge in [-0.2, -0.15) is 0 Å². The van der Waals surface area contributed by atoms with Gasteiger partial charge in [-0.1, -0.05) is 25.1 Å². The van der Waals surface area contributed by atoms with E-state index >= 15 is 0 Å². The molecule has 23 heavy (non-hydrogen) atoms. The molecule has 124 valence electrons. The van der Waals surface area contributed by atoms with Crippen molar-refractivity contribution in [2.75, 3.05) is 20.3 Å². The predicted octanol–water partition coefficient (Wildman–Crippen LogP) is 2.13. The van der Waals surface area contributed by atoms with Crippen LogP contribution in [0.1, 0.15) is 23.7 Å². The Morgan fingerprint density at radius 2 is 2.09 bits per heavy atom. The quantitative estimate of drug-likeness (QED) is 0.781. The molecule has 1 aromatic carbocycles. The Morgan fingerprint density at radius 1 is 1.35 bits per heavy atom. The van der Waals surface area contributed by atoms with Gasteiger partial charge < -0.3 is 19.7 Å². The number of hydrogen-bond donors (Lipinski definition) is 2. The van der Waals surface area contributed by atoms with E-state index in [2.05, 4.69) is 5.32 Å². The van der Waals surface area contributed by atoms with Crippen molar-refractivity contribution in [2.24, 2.45) is 5.92 Å². The molecule has 0 spiro atoms. The number of ether oxygens (including phenoxy) is 1. The molecule has 0 saturated heterocycles. The minimum atomic E-state index is -0.858. The summed E-state index contributed by atoms with van der Waals surface area (Å²) in [5, 5.41) is 12.5. The second-order valence-corrected chi connectivity index (χ2v) is 5.66. The molecule has 1 heterocycles. The molecule has 0 aliphatic rings. The van der Waals surface area contributed by atoms with E-state index in [1.807, 2.05) is 35.0 Å². The van der Waals surface area contributed by atoms with Crippen LogP contribution in [0.5, 0.6) is 0 Å². The Labute approximate surface area is 135 Å². The van der Waals surface area contributed by atoms with Crippen LogP contribution in [0.3, 0.4) is 0 Å². The Morgan fingerprint density at radius 3 is 2.78 bits per heavy atom. The summed E-state index contributed by atoms with van der Waals surface area (Å²) in [6.07, 6.45) is 1.86. The first-order valence-corrected chi connectivity index (χ1v) is 7.59. The number of carboxylic acids is 1. The van der Waals surface area contributed by atoms with E-state index in [9.17, 15) is 9.59 Å². The molecular formula is C17H22N2O4. The highest BCUT2D eigenvalue weighted by molar-refractivity contribution is 6.07. The summed E-state index contributed by atoms with van der Waals surface area (Å²) >= 11 is 0. The molecule has 1 atom stereocenters. The third-order valence-corrected chi connectivity index (χ3v) is 3.70. The lowest BCUT2D eigenvalue weighted by molar-refractivity contribution is -0.137. The second kappa shape index (κ2) is 7.78. The van der Waals surface area contributed by atoms with Gasteiger partial charge in [-0.25, -0.2) is 0 Å². The van der Waals surface area contributed by atoms with Gasteiger partial charge in [-0.3, -0.25) is 9.59 Å². The number of nitrogens with zero attached hydrogens (tertiary/aromatic N) is 1. The zero-order chi connectivity index (χ0) is 16.8. The fourth-order valence-electron chi connectivity index (χ4n) is 2.53. The first-order chi connectivity index (χ1) is 11.0. The largest absolute Gasteiger partial charge is 0.481 e. The summed E-state index contributed by atoms with van der Waals surface area (Å²) < 4.78 is 7.10. The molecule has 0 fully saturated rings. The number of aromatic nitrogens is 1. The van der Waals surface area contributed by atoms with Crippen LogP contribution in [-0.4, -0.2) is 41.8 Å². The number of carboxylic acid groups (broad SMARTS) is 1. The number of carbonyl (C=O) groups excluding carboxylic acids is 1. The van der Waals surface area contributed by atoms with Gasteiger partial charge in [0.2, 0.25) is 0 Å². The summed E-state index contributed by atoms with van der Waals surface area (Å²) in [5.74, 6) is -1.16. The summed E-state index contributed by atoms with van der Waals surface area (Å²) in [7, 11) is 1.64. The summed E-state index contributed by atoms with van der Waals surface area (Å²) in [5.41, 5.74) is 1.58. The molecule has 1 unspecified atom stereocenters. The lowest BCUT2D eigenvalue weighted by Crippen LogP contribution is -2.29. The molecule has 0 aliphatic carbocycles. The van der Waals surface area contributed by atoms with Gasteiger partial charge in [0, 0.05) is 43.7 Å². The minimum Gasteiger partial charge on any atom is -0.481 e. The fraction of sp³-hybridized carbons (Fsp3) is 0.412. The number of methoxy groups -OCH3 is 1. The zero-order valence-electron chi connectivity index (χ0n) is 13.4. The molecule has 2 aromatic rings. The molecule has 0 radical (unpaired) electrons. The Balaban J connectivity index is 2.15. The number of nitrogens with one attached hydrogen (secondary N) is 1. The maximum Gasteiger partial charge on any atom is 0.303 e.